The van der Waals surface area contributed by atoms with Crippen LogP contribution in [0.2, 0.25) is 0 Å². The van der Waals surface area contributed by atoms with Gasteiger partial charge in [-0.25, -0.2) is 0 Å². The van der Waals surface area contributed by atoms with Crippen molar-refractivity contribution in [1.29, 1.82) is 0 Å². The van der Waals surface area contributed by atoms with Gasteiger partial charge in [-0.15, -0.1) is 0 Å². The summed E-state index contributed by atoms with van der Waals surface area (Å²) in [6.07, 6.45) is -6.35. The van der Waals surface area contributed by atoms with E-state index in [2.05, 4.69) is 4.74 Å². The fourth-order valence-electron chi connectivity index (χ4n) is 1.60. The number of alkyl halides is 3. The summed E-state index contributed by atoms with van der Waals surface area (Å²) in [5.74, 6) is 0. The lowest BCUT2D eigenvalue weighted by Crippen LogP contribution is -2.24. The van der Waals surface area contributed by atoms with E-state index in [1.54, 1.807) is 25.1 Å². The molecule has 0 saturated carbocycles. The van der Waals surface area contributed by atoms with Crippen LogP contribution in [-0.4, -0.2) is 13.3 Å². The summed E-state index contributed by atoms with van der Waals surface area (Å²) in [5.41, 5.74) is 6.15. The van der Waals surface area contributed by atoms with Gasteiger partial charge < -0.3 is 10.5 Å². The van der Waals surface area contributed by atoms with E-state index in [9.17, 15) is 13.2 Å². The second-order valence-corrected chi connectivity index (χ2v) is 3.57. The molecular weight excluding hydrogens is 219 g/mol. The molecule has 0 aliphatic rings. The summed E-state index contributed by atoms with van der Waals surface area (Å²) in [7, 11) is 1.04. The van der Waals surface area contributed by atoms with Crippen LogP contribution in [0.1, 0.15) is 30.2 Å². The quantitative estimate of drug-likeness (QED) is 0.871. The van der Waals surface area contributed by atoms with Gasteiger partial charge in [0.2, 0.25) is 0 Å². The van der Waals surface area contributed by atoms with Gasteiger partial charge in [-0.05, 0) is 18.1 Å². The lowest BCUT2D eigenvalue weighted by atomic mass is 9.97. The second kappa shape index (κ2) is 4.84. The van der Waals surface area contributed by atoms with E-state index in [4.69, 9.17) is 5.73 Å². The minimum atomic E-state index is -4.43. The predicted octanol–water partition coefficient (Wildman–Crippen LogP) is 2.96. The number of methoxy groups -OCH3 is 1. The first-order chi connectivity index (χ1) is 7.38. The van der Waals surface area contributed by atoms with Crippen LogP contribution in [-0.2, 0) is 4.74 Å². The monoisotopic (exact) mass is 233 g/mol. The molecule has 1 aromatic carbocycles. The molecule has 90 valence electrons. The molecule has 1 aromatic rings. The molecule has 0 amide bonds. The Kier molecular flexibility index (Phi) is 3.93. The van der Waals surface area contributed by atoms with Gasteiger partial charge >= 0.3 is 6.18 Å². The standard InChI is InChI=1S/C11H14F3NO/c1-7(15)8-5-3-4-6-9(8)10(16-2)11(12,13)14/h3-7,10H,15H2,1-2H3. The molecule has 0 aliphatic heterocycles. The molecule has 2 atom stereocenters. The van der Waals surface area contributed by atoms with Crippen molar-refractivity contribution in [2.45, 2.75) is 25.2 Å². The topological polar surface area (TPSA) is 35.2 Å². The minimum absolute atomic E-state index is 0.0764. The number of benzene rings is 1. The summed E-state index contributed by atoms with van der Waals surface area (Å²) in [6.45, 7) is 1.64. The van der Waals surface area contributed by atoms with Crippen molar-refractivity contribution in [1.82, 2.24) is 0 Å². The zero-order chi connectivity index (χ0) is 12.3. The average molecular weight is 233 g/mol. The second-order valence-electron chi connectivity index (χ2n) is 3.57. The van der Waals surface area contributed by atoms with Crippen LogP contribution in [0.3, 0.4) is 0 Å². The normalized spacial score (nSPS) is 15.9. The third-order valence-corrected chi connectivity index (χ3v) is 2.30. The first-order valence-electron chi connectivity index (χ1n) is 4.81. The Labute approximate surface area is 92.2 Å². The Morgan fingerprint density at radius 1 is 1.19 bits per heavy atom. The highest BCUT2D eigenvalue weighted by molar-refractivity contribution is 5.32. The zero-order valence-electron chi connectivity index (χ0n) is 9.08. The number of rotatable bonds is 3. The highest BCUT2D eigenvalue weighted by Crippen LogP contribution is 2.37. The van der Waals surface area contributed by atoms with E-state index in [-0.39, 0.29) is 5.56 Å². The van der Waals surface area contributed by atoms with Crippen LogP contribution < -0.4 is 5.73 Å². The molecule has 0 spiro atoms. The third-order valence-electron chi connectivity index (χ3n) is 2.30. The first-order valence-corrected chi connectivity index (χ1v) is 4.81. The Morgan fingerprint density at radius 3 is 2.06 bits per heavy atom. The van der Waals surface area contributed by atoms with Gasteiger partial charge in [-0.2, -0.15) is 13.2 Å². The van der Waals surface area contributed by atoms with Crippen LogP contribution in [0, 0.1) is 0 Å². The Morgan fingerprint density at radius 2 is 1.69 bits per heavy atom. The predicted molar refractivity (Wildman–Crippen MR) is 54.8 cm³/mol. The fraction of sp³-hybridized carbons (Fsp3) is 0.455. The van der Waals surface area contributed by atoms with E-state index in [0.717, 1.165) is 7.11 Å². The van der Waals surface area contributed by atoms with Gasteiger partial charge in [-0.1, -0.05) is 24.3 Å². The maximum Gasteiger partial charge on any atom is 0.418 e. The van der Waals surface area contributed by atoms with Crippen LogP contribution in [0.25, 0.3) is 0 Å². The zero-order valence-corrected chi connectivity index (χ0v) is 9.08. The highest BCUT2D eigenvalue weighted by atomic mass is 19.4. The van der Waals surface area contributed by atoms with E-state index in [1.807, 2.05) is 0 Å². The minimum Gasteiger partial charge on any atom is -0.367 e. The van der Waals surface area contributed by atoms with Crippen molar-refractivity contribution >= 4 is 0 Å². The highest BCUT2D eigenvalue weighted by Gasteiger charge is 2.42. The largest absolute Gasteiger partial charge is 0.418 e. The Hall–Kier alpha value is -1.07. The molecule has 0 aliphatic carbocycles. The molecule has 16 heavy (non-hydrogen) atoms. The Balaban J connectivity index is 3.20. The summed E-state index contributed by atoms with van der Waals surface area (Å²) >= 11 is 0. The van der Waals surface area contributed by atoms with Crippen molar-refractivity contribution in [3.63, 3.8) is 0 Å². The van der Waals surface area contributed by atoms with E-state index < -0.39 is 18.3 Å². The van der Waals surface area contributed by atoms with Crippen LogP contribution in [0.15, 0.2) is 24.3 Å². The first kappa shape index (κ1) is 13.0. The van der Waals surface area contributed by atoms with Gasteiger partial charge in [0.25, 0.3) is 0 Å². The van der Waals surface area contributed by atoms with Gasteiger partial charge in [0, 0.05) is 13.2 Å². The number of nitrogens with two attached hydrogens (primary N) is 1. The maximum absolute atomic E-state index is 12.7. The van der Waals surface area contributed by atoms with Gasteiger partial charge in [0.05, 0.1) is 0 Å². The van der Waals surface area contributed by atoms with Crippen LogP contribution in [0.4, 0.5) is 13.2 Å². The van der Waals surface area contributed by atoms with Crippen molar-refractivity contribution in [3.05, 3.63) is 35.4 Å². The fourth-order valence-corrected chi connectivity index (χ4v) is 1.60. The molecule has 2 nitrogen and oxygen atoms in total. The summed E-state index contributed by atoms with van der Waals surface area (Å²) < 4.78 is 42.6. The third kappa shape index (κ3) is 2.74. The lowest BCUT2D eigenvalue weighted by Gasteiger charge is -2.22. The van der Waals surface area contributed by atoms with Gasteiger partial charge in [0.1, 0.15) is 0 Å². The molecule has 5 heteroatoms. The summed E-state index contributed by atoms with van der Waals surface area (Å²) in [6, 6.07) is 5.71. The maximum atomic E-state index is 12.7. The SMILES string of the molecule is COC(c1ccccc1C(C)N)C(F)(F)F. The average Bonchev–Trinajstić information content (AvgIpc) is 2.17. The molecule has 0 aromatic heterocycles. The van der Waals surface area contributed by atoms with E-state index in [0.29, 0.717) is 5.56 Å². The smallest absolute Gasteiger partial charge is 0.367 e. The van der Waals surface area contributed by atoms with Crippen molar-refractivity contribution in [2.75, 3.05) is 7.11 Å². The molecule has 0 heterocycles. The van der Waals surface area contributed by atoms with Gasteiger partial charge in [-0.3, -0.25) is 0 Å². The number of hydrogen-bond donors (Lipinski definition) is 1. The van der Waals surface area contributed by atoms with E-state index in [1.165, 1.54) is 6.07 Å². The lowest BCUT2D eigenvalue weighted by molar-refractivity contribution is -0.216. The molecule has 2 unspecified atom stereocenters. The summed E-state index contributed by atoms with van der Waals surface area (Å²) in [4.78, 5) is 0. The molecular formula is C11H14F3NO. The molecule has 0 bridgehead atoms. The number of halogens is 3. The summed E-state index contributed by atoms with van der Waals surface area (Å²) in [5, 5.41) is 0. The van der Waals surface area contributed by atoms with Crippen molar-refractivity contribution < 1.29 is 17.9 Å². The molecule has 0 saturated heterocycles. The molecule has 0 radical (unpaired) electrons. The molecule has 2 N–H and O–H groups in total. The van der Waals surface area contributed by atoms with Gasteiger partial charge in [0.15, 0.2) is 6.10 Å². The van der Waals surface area contributed by atoms with E-state index >= 15 is 0 Å². The number of hydrogen-bond acceptors (Lipinski definition) is 2. The molecule has 1 rings (SSSR count). The number of ether oxygens (including phenoxy) is 1. The van der Waals surface area contributed by atoms with Crippen LogP contribution in [0.5, 0.6) is 0 Å². The van der Waals surface area contributed by atoms with Crippen molar-refractivity contribution in [2.24, 2.45) is 5.73 Å². The van der Waals surface area contributed by atoms with Crippen molar-refractivity contribution in [3.8, 4) is 0 Å². The Bertz CT molecular complexity index is 349. The molecule has 0 fully saturated rings. The van der Waals surface area contributed by atoms with Crippen LogP contribution >= 0.6 is 0 Å².